The molecule has 2 heteroatoms. The Morgan fingerprint density at radius 1 is 0.444 bits per heavy atom. The number of rotatable bonds is 18. The van der Waals surface area contributed by atoms with E-state index >= 15 is 0 Å². The monoisotopic (exact) mass is 522 g/mol. The van der Waals surface area contributed by atoms with Gasteiger partial charge in [-0.25, -0.2) is 0 Å². The lowest BCUT2D eigenvalue weighted by Gasteiger charge is -2.22. The maximum absolute atomic E-state index is 2.38. The molecule has 3 aromatic carbocycles. The zero-order valence-corrected chi connectivity index (χ0v) is 24.3. The Kier molecular flexibility index (Phi) is 16.6. The molecule has 0 heterocycles. The van der Waals surface area contributed by atoms with Gasteiger partial charge in [-0.15, -0.1) is 12.4 Å². The third-order valence-corrected chi connectivity index (χ3v) is 9.61. The molecular weight excluding hydrogens is 475 g/mol. The third-order valence-electron chi connectivity index (χ3n) is 7.06. The molecule has 0 radical (unpaired) electrons. The quantitative estimate of drug-likeness (QED) is 0.115. The van der Waals surface area contributed by atoms with Crippen LogP contribution >= 0.6 is 20.3 Å². The second-order valence-corrected chi connectivity index (χ2v) is 12.2. The number of unbranched alkanes of at least 4 members (excludes halogenated alkanes) is 13. The van der Waals surface area contributed by atoms with Gasteiger partial charge in [0.25, 0.3) is 0 Å². The highest BCUT2D eigenvalue weighted by atomic mass is 35.5. The lowest BCUT2D eigenvalue weighted by Crippen LogP contribution is -2.23. The van der Waals surface area contributed by atoms with Crippen LogP contribution in [0, 0.1) is 0 Å². The molecule has 0 nitrogen and oxygen atoms in total. The van der Waals surface area contributed by atoms with Gasteiger partial charge >= 0.3 is 0 Å². The Balaban J connectivity index is 0.00000456. The highest BCUT2D eigenvalue weighted by molar-refractivity contribution is 7.79. The van der Waals surface area contributed by atoms with Gasteiger partial charge in [-0.3, -0.25) is 0 Å². The molecule has 0 fully saturated rings. The Morgan fingerprint density at radius 3 is 1.31 bits per heavy atom. The summed E-state index contributed by atoms with van der Waals surface area (Å²) in [4.78, 5) is 0. The number of hydrogen-bond donors (Lipinski definition) is 0. The van der Waals surface area contributed by atoms with Crippen molar-refractivity contribution in [3.05, 3.63) is 90.5 Å². The second-order valence-electron chi connectivity index (χ2n) is 9.98. The van der Waals surface area contributed by atoms with E-state index in [4.69, 9.17) is 0 Å². The van der Waals surface area contributed by atoms with Crippen molar-refractivity contribution in [2.24, 2.45) is 0 Å². The van der Waals surface area contributed by atoms with E-state index in [9.17, 15) is 0 Å². The van der Waals surface area contributed by atoms with Gasteiger partial charge in [0.1, 0.15) is 0 Å². The molecule has 0 saturated carbocycles. The molecule has 0 saturated heterocycles. The van der Waals surface area contributed by atoms with Crippen LogP contribution in [-0.4, -0.2) is 0 Å². The van der Waals surface area contributed by atoms with Gasteiger partial charge in [-0.1, -0.05) is 175 Å². The fourth-order valence-electron chi connectivity index (χ4n) is 5.03. The summed E-state index contributed by atoms with van der Waals surface area (Å²) in [5.74, 6) is 0. The van der Waals surface area contributed by atoms with E-state index in [1.54, 1.807) is 5.56 Å². The molecule has 0 atom stereocenters. The van der Waals surface area contributed by atoms with E-state index in [1.807, 2.05) is 0 Å². The molecule has 0 unspecified atom stereocenters. The van der Waals surface area contributed by atoms with Crippen LogP contribution in [0.5, 0.6) is 0 Å². The van der Waals surface area contributed by atoms with E-state index in [0.29, 0.717) is 0 Å². The summed E-state index contributed by atoms with van der Waals surface area (Å²) in [6, 6.07) is 31.4. The minimum Gasteiger partial charge on any atom is -0.147 e. The van der Waals surface area contributed by atoms with Crippen LogP contribution in [0.4, 0.5) is 0 Å². The summed E-state index contributed by atoms with van der Waals surface area (Å²) in [6.45, 7) is 2.30. The van der Waals surface area contributed by atoms with Crippen molar-refractivity contribution < 1.29 is 0 Å². The Hall–Kier alpha value is -1.62. The first-order chi connectivity index (χ1) is 17.4. The van der Waals surface area contributed by atoms with Gasteiger partial charge < -0.3 is 0 Å². The fourth-order valence-corrected chi connectivity index (χ4v) is 7.54. The van der Waals surface area contributed by atoms with Crippen molar-refractivity contribution in [1.82, 2.24) is 0 Å². The molecule has 0 N–H and O–H groups in total. The van der Waals surface area contributed by atoms with Crippen LogP contribution < -0.4 is 15.9 Å². The highest BCUT2D eigenvalue weighted by Crippen LogP contribution is 2.34. The smallest absolute Gasteiger partial charge is 0.0119 e. The fraction of sp³-hybridized carbons (Fsp3) is 0.471. The summed E-state index contributed by atoms with van der Waals surface area (Å²) in [7, 11) is -0.509. The standard InChI is InChI=1S/C34H47P.ClH/c1-2-3-4-5-6-7-8-9-10-11-12-13-14-17-24-31-25-22-23-30-34(31)35(32-26-18-15-19-27-32)33-28-20-16-21-29-33;/h15-16,18-23,25-30H,2-14,17,24H2,1H3;1H. The van der Waals surface area contributed by atoms with Gasteiger partial charge in [0.15, 0.2) is 0 Å². The predicted molar refractivity (Wildman–Crippen MR) is 166 cm³/mol. The van der Waals surface area contributed by atoms with E-state index < -0.39 is 7.92 Å². The molecule has 3 rings (SSSR count). The van der Waals surface area contributed by atoms with E-state index in [0.717, 1.165) is 0 Å². The lowest BCUT2D eigenvalue weighted by atomic mass is 10.0. The molecule has 3 aromatic rings. The normalized spacial score (nSPS) is 10.9. The van der Waals surface area contributed by atoms with Crippen molar-refractivity contribution in [2.75, 3.05) is 0 Å². The zero-order chi connectivity index (χ0) is 24.4. The van der Waals surface area contributed by atoms with Gasteiger partial charge in [0.2, 0.25) is 0 Å². The maximum atomic E-state index is 2.38. The van der Waals surface area contributed by atoms with Gasteiger partial charge in [0, 0.05) is 0 Å². The first-order valence-electron chi connectivity index (χ1n) is 14.4. The SMILES string of the molecule is CCCCCCCCCCCCCCCCc1ccccc1P(c1ccccc1)c1ccccc1.Cl. The van der Waals surface area contributed by atoms with Crippen LogP contribution in [0.2, 0.25) is 0 Å². The zero-order valence-electron chi connectivity index (χ0n) is 22.5. The first kappa shape index (κ1) is 30.6. The summed E-state index contributed by atoms with van der Waals surface area (Å²) in [5, 5.41) is 4.43. The van der Waals surface area contributed by atoms with Crippen molar-refractivity contribution in [1.29, 1.82) is 0 Å². The summed E-state index contributed by atoms with van der Waals surface area (Å²) in [5.41, 5.74) is 1.55. The van der Waals surface area contributed by atoms with E-state index in [2.05, 4.69) is 91.9 Å². The summed E-state index contributed by atoms with van der Waals surface area (Å²) in [6.07, 6.45) is 21.0. The molecule has 0 bridgehead atoms. The predicted octanol–water partition coefficient (Wildman–Crippen LogP) is 9.89. The third kappa shape index (κ3) is 11.2. The molecule has 196 valence electrons. The lowest BCUT2D eigenvalue weighted by molar-refractivity contribution is 0.535. The van der Waals surface area contributed by atoms with Gasteiger partial charge in [-0.05, 0) is 42.2 Å². The van der Waals surface area contributed by atoms with Crippen molar-refractivity contribution in [3.8, 4) is 0 Å². The number of halogens is 1. The molecule has 0 amide bonds. The second kappa shape index (κ2) is 19.5. The molecular formula is C34H48ClP. The number of aryl methyl sites for hydroxylation is 1. The Morgan fingerprint density at radius 2 is 0.833 bits per heavy atom. The topological polar surface area (TPSA) is 0 Å². The molecule has 0 aliphatic rings. The molecule has 0 aliphatic heterocycles. The summed E-state index contributed by atoms with van der Waals surface area (Å²) < 4.78 is 0. The Labute approximate surface area is 229 Å². The maximum Gasteiger partial charge on any atom is -0.0119 e. The van der Waals surface area contributed by atoms with Crippen LogP contribution in [0.1, 0.15) is 102 Å². The Bertz CT molecular complexity index is 869. The van der Waals surface area contributed by atoms with Crippen molar-refractivity contribution >= 4 is 36.2 Å². The number of hydrogen-bond acceptors (Lipinski definition) is 0. The van der Waals surface area contributed by atoms with E-state index in [1.165, 1.54) is 112 Å². The first-order valence-corrected chi connectivity index (χ1v) is 15.7. The minimum atomic E-state index is -0.509. The van der Waals surface area contributed by atoms with Crippen LogP contribution in [-0.2, 0) is 6.42 Å². The van der Waals surface area contributed by atoms with Crippen molar-refractivity contribution in [2.45, 2.75) is 103 Å². The van der Waals surface area contributed by atoms with Crippen LogP contribution in [0.15, 0.2) is 84.9 Å². The molecule has 0 aromatic heterocycles. The number of benzene rings is 3. The van der Waals surface area contributed by atoms with Gasteiger partial charge in [0.05, 0.1) is 0 Å². The largest absolute Gasteiger partial charge is 0.147 e. The molecule has 36 heavy (non-hydrogen) atoms. The summed E-state index contributed by atoms with van der Waals surface area (Å²) >= 11 is 0. The molecule has 0 aliphatic carbocycles. The molecule has 0 spiro atoms. The minimum absolute atomic E-state index is 0. The highest BCUT2D eigenvalue weighted by Gasteiger charge is 2.18. The van der Waals surface area contributed by atoms with Crippen molar-refractivity contribution in [3.63, 3.8) is 0 Å². The van der Waals surface area contributed by atoms with Crippen LogP contribution in [0.3, 0.4) is 0 Å². The average Bonchev–Trinajstić information content (AvgIpc) is 2.91. The van der Waals surface area contributed by atoms with Gasteiger partial charge in [-0.2, -0.15) is 0 Å². The average molecular weight is 523 g/mol. The van der Waals surface area contributed by atoms with E-state index in [-0.39, 0.29) is 12.4 Å². The van der Waals surface area contributed by atoms with Crippen LogP contribution in [0.25, 0.3) is 0 Å².